The van der Waals surface area contributed by atoms with Crippen molar-refractivity contribution in [1.82, 2.24) is 5.32 Å². The zero-order chi connectivity index (χ0) is 20.1. The fourth-order valence-corrected chi connectivity index (χ4v) is 2.81. The van der Waals surface area contributed by atoms with Gasteiger partial charge < -0.3 is 15.7 Å². The van der Waals surface area contributed by atoms with Crippen molar-refractivity contribution in [2.45, 2.75) is 33.2 Å². The van der Waals surface area contributed by atoms with Gasteiger partial charge in [-0.2, -0.15) is 0 Å². The molecule has 0 saturated heterocycles. The zero-order valence-corrected chi connectivity index (χ0v) is 15.8. The second-order valence-corrected chi connectivity index (χ2v) is 8.06. The lowest BCUT2D eigenvalue weighted by atomic mass is 10.0. The molecular formula is C16H23N3O6S. The van der Waals surface area contributed by atoms with Gasteiger partial charge in [0.1, 0.15) is 6.04 Å². The molecule has 0 radical (unpaired) electrons. The van der Waals surface area contributed by atoms with E-state index in [1.807, 2.05) is 13.8 Å². The number of hydrogen-bond donors (Lipinski definition) is 4. The number of hydrogen-bond acceptors (Lipinski definition) is 5. The van der Waals surface area contributed by atoms with Gasteiger partial charge in [0, 0.05) is 12.6 Å². The summed E-state index contributed by atoms with van der Waals surface area (Å²) in [6.07, 6.45) is 1.14. The van der Waals surface area contributed by atoms with Crippen molar-refractivity contribution in [3.63, 3.8) is 0 Å². The van der Waals surface area contributed by atoms with E-state index in [4.69, 9.17) is 0 Å². The standard InChI is InChI=1S/C16H23N3O6S/c1-9(2)7-14(16(22)23)18-15(21)12-8-11(17-10(3)20)5-6-13(12)19-26(4,24)25/h5-6,8-9,14,19H,7H2,1-4H3,(H,17,20)(H,18,21)(H,22,23)/t14-/m1/s1. The molecule has 0 aliphatic rings. The third kappa shape index (κ3) is 7.09. The van der Waals surface area contributed by atoms with Gasteiger partial charge in [-0.25, -0.2) is 13.2 Å². The van der Waals surface area contributed by atoms with Crippen LogP contribution in [0.2, 0.25) is 0 Å². The van der Waals surface area contributed by atoms with E-state index in [0.717, 1.165) is 6.26 Å². The van der Waals surface area contributed by atoms with E-state index < -0.39 is 27.9 Å². The maximum absolute atomic E-state index is 12.6. The van der Waals surface area contributed by atoms with Crippen molar-refractivity contribution in [3.8, 4) is 0 Å². The number of nitrogens with one attached hydrogen (secondary N) is 3. The Labute approximate surface area is 152 Å². The highest BCUT2D eigenvalue weighted by atomic mass is 32.2. The Morgan fingerprint density at radius 2 is 1.81 bits per heavy atom. The summed E-state index contributed by atoms with van der Waals surface area (Å²) in [4.78, 5) is 35.1. The summed E-state index contributed by atoms with van der Waals surface area (Å²) in [6, 6.07) is 2.89. The van der Waals surface area contributed by atoms with Crippen LogP contribution in [0, 0.1) is 5.92 Å². The highest BCUT2D eigenvalue weighted by Crippen LogP contribution is 2.22. The minimum absolute atomic E-state index is 0.0206. The number of benzene rings is 1. The van der Waals surface area contributed by atoms with Gasteiger partial charge in [0.2, 0.25) is 15.9 Å². The Balaban J connectivity index is 3.24. The Morgan fingerprint density at radius 3 is 2.27 bits per heavy atom. The molecule has 1 rings (SSSR count). The van der Waals surface area contributed by atoms with E-state index in [2.05, 4.69) is 15.4 Å². The number of carbonyl (C=O) groups excluding carboxylic acids is 2. The summed E-state index contributed by atoms with van der Waals surface area (Å²) in [5.74, 6) is -2.31. The van der Waals surface area contributed by atoms with Gasteiger partial charge in [0.25, 0.3) is 5.91 Å². The smallest absolute Gasteiger partial charge is 0.326 e. The molecule has 9 nitrogen and oxygen atoms in total. The lowest BCUT2D eigenvalue weighted by molar-refractivity contribution is -0.139. The number of rotatable bonds is 8. The molecule has 4 N–H and O–H groups in total. The molecule has 1 aromatic rings. The lowest BCUT2D eigenvalue weighted by Crippen LogP contribution is -2.41. The largest absolute Gasteiger partial charge is 0.480 e. The van der Waals surface area contributed by atoms with Crippen LogP contribution in [-0.4, -0.2) is 43.6 Å². The molecule has 26 heavy (non-hydrogen) atoms. The van der Waals surface area contributed by atoms with Crippen LogP contribution < -0.4 is 15.4 Å². The minimum atomic E-state index is -3.67. The average Bonchev–Trinajstić information content (AvgIpc) is 2.45. The molecule has 0 saturated carbocycles. The van der Waals surface area contributed by atoms with Gasteiger partial charge in [0.05, 0.1) is 17.5 Å². The SMILES string of the molecule is CC(=O)Nc1ccc(NS(C)(=O)=O)c(C(=O)N[C@H](CC(C)C)C(=O)O)c1. The maximum Gasteiger partial charge on any atom is 0.326 e. The van der Waals surface area contributed by atoms with E-state index in [0.29, 0.717) is 0 Å². The van der Waals surface area contributed by atoms with Crippen LogP contribution in [0.4, 0.5) is 11.4 Å². The second-order valence-electron chi connectivity index (χ2n) is 6.31. The Bertz CT molecular complexity index is 804. The first-order chi connectivity index (χ1) is 11.9. The number of aliphatic carboxylic acids is 1. The Morgan fingerprint density at radius 1 is 1.19 bits per heavy atom. The van der Waals surface area contributed by atoms with Crippen LogP contribution >= 0.6 is 0 Å². The third-order valence-corrected chi connectivity index (χ3v) is 3.78. The molecule has 0 aliphatic heterocycles. The molecule has 10 heteroatoms. The summed E-state index contributed by atoms with van der Waals surface area (Å²) in [7, 11) is -3.67. The van der Waals surface area contributed by atoms with E-state index in [9.17, 15) is 27.9 Å². The molecule has 144 valence electrons. The van der Waals surface area contributed by atoms with Crippen LogP contribution in [0.1, 0.15) is 37.6 Å². The van der Waals surface area contributed by atoms with Crippen molar-refractivity contribution < 1.29 is 27.9 Å². The fraction of sp³-hybridized carbons (Fsp3) is 0.438. The van der Waals surface area contributed by atoms with Gasteiger partial charge in [-0.15, -0.1) is 0 Å². The third-order valence-electron chi connectivity index (χ3n) is 3.19. The zero-order valence-electron chi connectivity index (χ0n) is 15.0. The first-order valence-electron chi connectivity index (χ1n) is 7.82. The van der Waals surface area contributed by atoms with Gasteiger partial charge >= 0.3 is 5.97 Å². The number of carboxylic acids is 1. The van der Waals surface area contributed by atoms with Crippen molar-refractivity contribution in [1.29, 1.82) is 0 Å². The van der Waals surface area contributed by atoms with Crippen molar-refractivity contribution in [3.05, 3.63) is 23.8 Å². The Hall–Kier alpha value is -2.62. The molecule has 0 fully saturated rings. The minimum Gasteiger partial charge on any atom is -0.480 e. The summed E-state index contributed by atoms with van der Waals surface area (Å²) < 4.78 is 25.2. The lowest BCUT2D eigenvalue weighted by Gasteiger charge is -2.18. The first kappa shape index (κ1) is 21.4. The molecule has 2 amide bonds. The predicted molar refractivity (Wildman–Crippen MR) is 97.6 cm³/mol. The summed E-state index contributed by atoms with van der Waals surface area (Å²) >= 11 is 0. The molecule has 0 spiro atoms. The van der Waals surface area contributed by atoms with Crippen LogP contribution in [0.5, 0.6) is 0 Å². The topological polar surface area (TPSA) is 142 Å². The summed E-state index contributed by atoms with van der Waals surface area (Å²) in [5, 5.41) is 14.1. The number of carboxylic acid groups (broad SMARTS) is 1. The van der Waals surface area contributed by atoms with Gasteiger partial charge in [-0.05, 0) is 30.5 Å². The highest BCUT2D eigenvalue weighted by molar-refractivity contribution is 7.92. The number of carbonyl (C=O) groups is 3. The van der Waals surface area contributed by atoms with Gasteiger partial charge in [-0.3, -0.25) is 14.3 Å². The van der Waals surface area contributed by atoms with E-state index in [-0.39, 0.29) is 35.2 Å². The number of anilines is 2. The van der Waals surface area contributed by atoms with Crippen molar-refractivity contribution >= 4 is 39.2 Å². The molecule has 0 heterocycles. The van der Waals surface area contributed by atoms with E-state index >= 15 is 0 Å². The predicted octanol–water partition coefficient (Wildman–Crippen LogP) is 1.25. The second kappa shape index (κ2) is 8.65. The van der Waals surface area contributed by atoms with Crippen LogP contribution in [-0.2, 0) is 19.6 Å². The molecule has 0 unspecified atom stereocenters. The van der Waals surface area contributed by atoms with Gasteiger partial charge in [0.15, 0.2) is 0 Å². The first-order valence-corrected chi connectivity index (χ1v) is 9.71. The average molecular weight is 385 g/mol. The van der Waals surface area contributed by atoms with Gasteiger partial charge in [-0.1, -0.05) is 13.8 Å². The van der Waals surface area contributed by atoms with Crippen LogP contribution in [0.15, 0.2) is 18.2 Å². The molecule has 0 bridgehead atoms. The molecule has 1 aromatic carbocycles. The number of amides is 2. The van der Waals surface area contributed by atoms with E-state index in [1.54, 1.807) is 0 Å². The summed E-state index contributed by atoms with van der Waals surface area (Å²) in [6.45, 7) is 4.91. The monoisotopic (exact) mass is 385 g/mol. The number of sulfonamides is 1. The van der Waals surface area contributed by atoms with Crippen molar-refractivity contribution in [2.24, 2.45) is 5.92 Å². The van der Waals surface area contributed by atoms with Crippen LogP contribution in [0.25, 0.3) is 0 Å². The maximum atomic E-state index is 12.6. The van der Waals surface area contributed by atoms with Crippen molar-refractivity contribution in [2.75, 3.05) is 16.3 Å². The highest BCUT2D eigenvalue weighted by Gasteiger charge is 2.24. The normalized spacial score (nSPS) is 12.3. The quantitative estimate of drug-likeness (QED) is 0.530. The Kier molecular flexibility index (Phi) is 7.13. The summed E-state index contributed by atoms with van der Waals surface area (Å²) in [5.41, 5.74) is 0.155. The fourth-order valence-electron chi connectivity index (χ4n) is 2.23. The molecule has 1 atom stereocenters. The van der Waals surface area contributed by atoms with Crippen LogP contribution in [0.3, 0.4) is 0 Å². The van der Waals surface area contributed by atoms with E-state index in [1.165, 1.54) is 25.1 Å². The molecule has 0 aliphatic carbocycles. The molecular weight excluding hydrogens is 362 g/mol. The molecule has 0 aromatic heterocycles.